The van der Waals surface area contributed by atoms with E-state index in [4.69, 9.17) is 24.2 Å². The second-order valence-corrected chi connectivity index (χ2v) is 9.70. The zero-order chi connectivity index (χ0) is 27.2. The Balaban J connectivity index is 1.14. The highest BCUT2D eigenvalue weighted by Gasteiger charge is 2.19. The summed E-state index contributed by atoms with van der Waals surface area (Å²) in [6.07, 6.45) is 3.49. The number of nitrogens with one attached hydrogen (secondary N) is 2. The summed E-state index contributed by atoms with van der Waals surface area (Å²) in [6.45, 7) is 0.697. The molecule has 7 aromatic rings. The van der Waals surface area contributed by atoms with E-state index < -0.39 is 0 Å². The van der Waals surface area contributed by atoms with Crippen LogP contribution in [0.2, 0.25) is 0 Å². The zero-order valence-corrected chi connectivity index (χ0v) is 21.7. The van der Waals surface area contributed by atoms with E-state index in [2.05, 4.69) is 20.2 Å². The van der Waals surface area contributed by atoms with E-state index in [1.165, 1.54) is 0 Å². The molecule has 5 heterocycles. The molecule has 0 bridgehead atoms. The molecule has 0 unspecified atom stereocenters. The summed E-state index contributed by atoms with van der Waals surface area (Å²) in [6, 6.07) is 27.9. The van der Waals surface area contributed by atoms with Crippen molar-refractivity contribution in [2.75, 3.05) is 6.79 Å². The minimum atomic E-state index is 0.234. The first-order chi connectivity index (χ1) is 20.3. The summed E-state index contributed by atoms with van der Waals surface area (Å²) in [5.41, 5.74) is 8.56. The number of imidazole rings is 1. The summed E-state index contributed by atoms with van der Waals surface area (Å²) < 4.78 is 17.1. The average Bonchev–Trinajstić information content (AvgIpc) is 3.78. The number of ether oxygens (including phenoxy) is 3. The molecule has 0 amide bonds. The van der Waals surface area contributed by atoms with Gasteiger partial charge in [0.2, 0.25) is 6.79 Å². The van der Waals surface area contributed by atoms with Gasteiger partial charge in [0.25, 0.3) is 0 Å². The SMILES string of the molecule is c1ccc(COc2cncc(-c3ccc4[nH]nc(-c5nc6c(-c7ccc8c(c7)OCO8)cccc6[nH]5)c4n3)c2)cc1. The van der Waals surface area contributed by atoms with Crippen LogP contribution in [0.25, 0.3) is 56.0 Å². The molecule has 0 atom stereocenters. The van der Waals surface area contributed by atoms with Gasteiger partial charge in [-0.25, -0.2) is 9.97 Å². The molecule has 41 heavy (non-hydrogen) atoms. The van der Waals surface area contributed by atoms with Gasteiger partial charge in [0.15, 0.2) is 23.0 Å². The molecule has 4 aromatic heterocycles. The minimum Gasteiger partial charge on any atom is -0.487 e. The number of nitrogens with zero attached hydrogens (tertiary/aromatic N) is 4. The first-order valence-electron chi connectivity index (χ1n) is 13.1. The van der Waals surface area contributed by atoms with Gasteiger partial charge < -0.3 is 19.2 Å². The second-order valence-electron chi connectivity index (χ2n) is 9.70. The number of benzene rings is 3. The van der Waals surface area contributed by atoms with E-state index in [0.717, 1.165) is 56.0 Å². The maximum Gasteiger partial charge on any atom is 0.231 e. The summed E-state index contributed by atoms with van der Waals surface area (Å²) in [5, 5.41) is 7.66. The van der Waals surface area contributed by atoms with Crippen LogP contribution in [0.15, 0.2) is 97.3 Å². The van der Waals surface area contributed by atoms with Gasteiger partial charge in [-0.2, -0.15) is 5.10 Å². The third-order valence-electron chi connectivity index (χ3n) is 7.09. The van der Waals surface area contributed by atoms with Crippen molar-refractivity contribution < 1.29 is 14.2 Å². The number of aromatic nitrogens is 6. The number of pyridine rings is 2. The highest BCUT2D eigenvalue weighted by molar-refractivity contribution is 5.96. The van der Waals surface area contributed by atoms with E-state index in [-0.39, 0.29) is 6.79 Å². The second kappa shape index (κ2) is 9.49. The van der Waals surface area contributed by atoms with E-state index >= 15 is 0 Å². The topological polar surface area (TPSA) is 111 Å². The number of aromatic amines is 2. The van der Waals surface area contributed by atoms with E-state index in [0.29, 0.717) is 29.4 Å². The fraction of sp³-hybridized carbons (Fsp3) is 0.0625. The molecule has 198 valence electrons. The summed E-state index contributed by atoms with van der Waals surface area (Å²) in [7, 11) is 0. The molecule has 1 aliphatic rings. The van der Waals surface area contributed by atoms with Gasteiger partial charge in [-0.3, -0.25) is 10.1 Å². The van der Waals surface area contributed by atoms with Crippen LogP contribution >= 0.6 is 0 Å². The van der Waals surface area contributed by atoms with Crippen LogP contribution in [0.3, 0.4) is 0 Å². The minimum absolute atomic E-state index is 0.234. The van der Waals surface area contributed by atoms with Crippen LogP contribution in [0.5, 0.6) is 17.2 Å². The highest BCUT2D eigenvalue weighted by atomic mass is 16.7. The number of fused-ring (bicyclic) bond motifs is 3. The Bertz CT molecular complexity index is 2050. The maximum absolute atomic E-state index is 5.99. The lowest BCUT2D eigenvalue weighted by Gasteiger charge is -2.08. The van der Waals surface area contributed by atoms with Gasteiger partial charge >= 0.3 is 0 Å². The van der Waals surface area contributed by atoms with Crippen LogP contribution in [0, 0.1) is 0 Å². The third-order valence-corrected chi connectivity index (χ3v) is 7.09. The Morgan fingerprint density at radius 3 is 2.63 bits per heavy atom. The van der Waals surface area contributed by atoms with Crippen molar-refractivity contribution in [3.63, 3.8) is 0 Å². The van der Waals surface area contributed by atoms with Gasteiger partial charge in [-0.1, -0.05) is 48.5 Å². The van der Waals surface area contributed by atoms with E-state index in [1.54, 1.807) is 12.4 Å². The quantitative estimate of drug-likeness (QED) is 0.247. The van der Waals surface area contributed by atoms with E-state index in [9.17, 15) is 0 Å². The Hall–Kier alpha value is -5.70. The van der Waals surface area contributed by atoms with Crippen LogP contribution in [-0.4, -0.2) is 36.9 Å². The largest absolute Gasteiger partial charge is 0.487 e. The monoisotopic (exact) mass is 538 g/mol. The molecule has 2 N–H and O–H groups in total. The lowest BCUT2D eigenvalue weighted by molar-refractivity contribution is 0.174. The maximum atomic E-state index is 5.99. The van der Waals surface area contributed by atoms with Crippen molar-refractivity contribution in [3.05, 3.63) is 103 Å². The number of hydrogen-bond acceptors (Lipinski definition) is 7. The molecular weight excluding hydrogens is 516 g/mol. The molecule has 0 saturated carbocycles. The van der Waals surface area contributed by atoms with Crippen LogP contribution in [-0.2, 0) is 6.61 Å². The molecule has 3 aromatic carbocycles. The Morgan fingerprint density at radius 2 is 1.68 bits per heavy atom. The van der Waals surface area contributed by atoms with Crippen LogP contribution in [0.4, 0.5) is 0 Å². The number of H-pyrrole nitrogens is 2. The molecule has 1 aliphatic heterocycles. The number of para-hydroxylation sites is 1. The van der Waals surface area contributed by atoms with E-state index in [1.807, 2.05) is 84.9 Å². The van der Waals surface area contributed by atoms with Crippen LogP contribution < -0.4 is 14.2 Å². The zero-order valence-electron chi connectivity index (χ0n) is 21.7. The lowest BCUT2D eigenvalue weighted by atomic mass is 10.0. The molecule has 0 fully saturated rings. The highest BCUT2D eigenvalue weighted by Crippen LogP contribution is 2.38. The van der Waals surface area contributed by atoms with Gasteiger partial charge in [0.1, 0.15) is 17.9 Å². The van der Waals surface area contributed by atoms with Gasteiger partial charge in [0.05, 0.1) is 28.4 Å². The Kier molecular flexibility index (Phi) is 5.37. The number of hydrogen-bond donors (Lipinski definition) is 2. The van der Waals surface area contributed by atoms with Crippen molar-refractivity contribution in [1.82, 2.24) is 30.1 Å². The van der Waals surface area contributed by atoms with Crippen molar-refractivity contribution in [2.24, 2.45) is 0 Å². The Labute approximate surface area is 233 Å². The van der Waals surface area contributed by atoms with Crippen molar-refractivity contribution in [1.29, 1.82) is 0 Å². The molecule has 0 spiro atoms. The molecular formula is C32H22N6O3. The summed E-state index contributed by atoms with van der Waals surface area (Å²) in [4.78, 5) is 17.7. The molecule has 0 saturated heterocycles. The van der Waals surface area contributed by atoms with Crippen LogP contribution in [0.1, 0.15) is 5.56 Å². The van der Waals surface area contributed by atoms with Crippen molar-refractivity contribution >= 4 is 22.1 Å². The van der Waals surface area contributed by atoms with Crippen molar-refractivity contribution in [3.8, 4) is 51.2 Å². The third kappa shape index (κ3) is 4.20. The summed E-state index contributed by atoms with van der Waals surface area (Å²) >= 11 is 0. The predicted molar refractivity (Wildman–Crippen MR) is 155 cm³/mol. The normalized spacial score (nSPS) is 12.3. The molecule has 9 nitrogen and oxygen atoms in total. The molecule has 8 rings (SSSR count). The smallest absolute Gasteiger partial charge is 0.231 e. The fourth-order valence-electron chi connectivity index (χ4n) is 5.04. The standard InChI is InChI=1S/C32H22N6O3/c1-2-5-19(6-3-1)17-39-22-13-21(15-33-16-22)24-10-11-26-30(34-24)31(38-37-26)32-35-25-8-4-7-23(29(25)36-32)20-9-12-27-28(14-20)41-18-40-27/h1-16H,17-18H2,(H,35,36)(H,37,38). The first-order valence-corrected chi connectivity index (χ1v) is 13.1. The van der Waals surface area contributed by atoms with Gasteiger partial charge in [-0.05, 0) is 47.5 Å². The fourth-order valence-corrected chi connectivity index (χ4v) is 5.04. The molecule has 0 radical (unpaired) electrons. The Morgan fingerprint density at radius 1 is 0.756 bits per heavy atom. The van der Waals surface area contributed by atoms with Crippen molar-refractivity contribution in [2.45, 2.75) is 6.61 Å². The first kappa shape index (κ1) is 23.2. The number of rotatable bonds is 6. The van der Waals surface area contributed by atoms with Gasteiger partial charge in [-0.15, -0.1) is 0 Å². The molecule has 9 heteroatoms. The summed E-state index contributed by atoms with van der Waals surface area (Å²) in [5.74, 6) is 2.78. The van der Waals surface area contributed by atoms with Gasteiger partial charge in [0, 0.05) is 17.3 Å². The predicted octanol–water partition coefficient (Wildman–Crippen LogP) is 6.54. The lowest BCUT2D eigenvalue weighted by Crippen LogP contribution is -1.96. The average molecular weight is 539 g/mol. The molecule has 0 aliphatic carbocycles.